The third-order valence-electron chi connectivity index (χ3n) is 5.12. The average Bonchev–Trinajstić information content (AvgIpc) is 3.59. The number of amides is 3. The second-order valence-corrected chi connectivity index (χ2v) is 7.45. The van der Waals surface area contributed by atoms with Gasteiger partial charge in [-0.1, -0.05) is 18.2 Å². The number of benzene rings is 2. The monoisotopic (exact) mass is 411 g/mol. The minimum Gasteiger partial charge on any atom is -0.493 e. The number of ether oxygens (including phenoxy) is 2. The fourth-order valence-electron chi connectivity index (χ4n) is 3.13. The molecule has 1 aliphatic rings. The number of hydrogen-bond donors (Lipinski definition) is 3. The van der Waals surface area contributed by atoms with Crippen LogP contribution in [0.25, 0.3) is 0 Å². The van der Waals surface area contributed by atoms with Crippen molar-refractivity contribution in [3.63, 3.8) is 0 Å². The fourth-order valence-corrected chi connectivity index (χ4v) is 3.13. The first-order valence-electron chi connectivity index (χ1n) is 10.2. The molecule has 1 unspecified atom stereocenters. The van der Waals surface area contributed by atoms with Crippen molar-refractivity contribution < 1.29 is 19.1 Å². The Hall–Kier alpha value is -3.22. The largest absolute Gasteiger partial charge is 0.493 e. The van der Waals surface area contributed by atoms with Gasteiger partial charge in [0.05, 0.1) is 20.3 Å². The Labute approximate surface area is 177 Å². The van der Waals surface area contributed by atoms with Crippen LogP contribution in [0.15, 0.2) is 42.5 Å². The summed E-state index contributed by atoms with van der Waals surface area (Å²) in [5.41, 5.74) is 2.79. The van der Waals surface area contributed by atoms with Gasteiger partial charge in [-0.05, 0) is 61.6 Å². The SMILES string of the molecule is COc1ccc(CCNC(=O)NC(C)c2ccc(NC(=O)C3CC3)cc2)cc1OC. The minimum absolute atomic E-state index is 0.0859. The maximum atomic E-state index is 12.2. The molecule has 1 atom stereocenters. The van der Waals surface area contributed by atoms with Crippen LogP contribution in [0.2, 0.25) is 0 Å². The van der Waals surface area contributed by atoms with E-state index in [-0.39, 0.29) is 23.9 Å². The Morgan fingerprint density at radius 1 is 1.03 bits per heavy atom. The van der Waals surface area contributed by atoms with Crippen molar-refractivity contribution >= 4 is 17.6 Å². The van der Waals surface area contributed by atoms with E-state index in [2.05, 4.69) is 16.0 Å². The van der Waals surface area contributed by atoms with E-state index in [1.54, 1.807) is 14.2 Å². The highest BCUT2D eigenvalue weighted by molar-refractivity contribution is 5.94. The zero-order valence-corrected chi connectivity index (χ0v) is 17.7. The van der Waals surface area contributed by atoms with Crippen LogP contribution in [0.5, 0.6) is 11.5 Å². The molecule has 3 N–H and O–H groups in total. The maximum absolute atomic E-state index is 12.2. The first-order chi connectivity index (χ1) is 14.5. The second-order valence-electron chi connectivity index (χ2n) is 7.45. The van der Waals surface area contributed by atoms with Crippen LogP contribution in [0, 0.1) is 5.92 Å². The van der Waals surface area contributed by atoms with Crippen LogP contribution in [0.3, 0.4) is 0 Å². The standard InChI is InChI=1S/C23H29N3O4/c1-15(17-7-9-19(10-8-17)26-22(27)18-5-6-18)25-23(28)24-13-12-16-4-11-20(29-2)21(14-16)30-3/h4,7-11,14-15,18H,5-6,12-13H2,1-3H3,(H,26,27)(H2,24,25,28). The summed E-state index contributed by atoms with van der Waals surface area (Å²) in [5.74, 6) is 1.61. The second kappa shape index (κ2) is 10.0. The molecule has 0 radical (unpaired) electrons. The molecule has 0 aromatic heterocycles. The zero-order chi connectivity index (χ0) is 21.5. The number of carbonyl (C=O) groups excluding carboxylic acids is 2. The Morgan fingerprint density at radius 3 is 2.37 bits per heavy atom. The molecule has 3 rings (SSSR count). The summed E-state index contributed by atoms with van der Waals surface area (Å²) >= 11 is 0. The lowest BCUT2D eigenvalue weighted by molar-refractivity contribution is -0.117. The van der Waals surface area contributed by atoms with Gasteiger partial charge in [0.25, 0.3) is 0 Å². The summed E-state index contributed by atoms with van der Waals surface area (Å²) in [4.78, 5) is 24.0. The molecule has 0 spiro atoms. The third kappa shape index (κ3) is 5.89. The van der Waals surface area contributed by atoms with Gasteiger partial charge in [-0.15, -0.1) is 0 Å². The molecule has 3 amide bonds. The topological polar surface area (TPSA) is 88.7 Å². The van der Waals surface area contributed by atoms with Gasteiger partial charge in [-0.2, -0.15) is 0 Å². The maximum Gasteiger partial charge on any atom is 0.315 e. The van der Waals surface area contributed by atoms with E-state index < -0.39 is 0 Å². The number of rotatable bonds is 9. The first-order valence-corrected chi connectivity index (χ1v) is 10.2. The summed E-state index contributed by atoms with van der Waals surface area (Å²) in [6.07, 6.45) is 2.63. The van der Waals surface area contributed by atoms with E-state index in [0.717, 1.165) is 29.7 Å². The van der Waals surface area contributed by atoms with Gasteiger partial charge >= 0.3 is 6.03 Å². The zero-order valence-electron chi connectivity index (χ0n) is 17.7. The third-order valence-corrected chi connectivity index (χ3v) is 5.12. The Balaban J connectivity index is 1.43. The summed E-state index contributed by atoms with van der Waals surface area (Å²) < 4.78 is 10.5. The van der Waals surface area contributed by atoms with Gasteiger partial charge in [-0.25, -0.2) is 4.79 Å². The average molecular weight is 412 g/mol. The molecular weight excluding hydrogens is 382 g/mol. The lowest BCUT2D eigenvalue weighted by atomic mass is 10.1. The Morgan fingerprint density at radius 2 is 1.73 bits per heavy atom. The highest BCUT2D eigenvalue weighted by Gasteiger charge is 2.29. The molecule has 2 aromatic rings. The molecule has 0 heterocycles. The summed E-state index contributed by atoms with van der Waals surface area (Å²) in [5, 5.41) is 8.72. The predicted molar refractivity (Wildman–Crippen MR) is 116 cm³/mol. The van der Waals surface area contributed by atoms with Crippen LogP contribution in [-0.4, -0.2) is 32.7 Å². The number of hydrogen-bond acceptors (Lipinski definition) is 4. The van der Waals surface area contributed by atoms with Crippen molar-refractivity contribution in [3.8, 4) is 11.5 Å². The number of methoxy groups -OCH3 is 2. The summed E-state index contributed by atoms with van der Waals surface area (Å²) in [6, 6.07) is 12.9. The lowest BCUT2D eigenvalue weighted by Crippen LogP contribution is -2.38. The van der Waals surface area contributed by atoms with Crippen LogP contribution in [0.1, 0.15) is 36.9 Å². The van der Waals surface area contributed by atoms with Crippen molar-refractivity contribution in [2.45, 2.75) is 32.2 Å². The van der Waals surface area contributed by atoms with Crippen molar-refractivity contribution in [2.75, 3.05) is 26.1 Å². The first kappa shape index (κ1) is 21.5. The van der Waals surface area contributed by atoms with Crippen LogP contribution in [0.4, 0.5) is 10.5 Å². The van der Waals surface area contributed by atoms with E-state index in [9.17, 15) is 9.59 Å². The van der Waals surface area contributed by atoms with E-state index in [0.29, 0.717) is 24.5 Å². The number of nitrogens with one attached hydrogen (secondary N) is 3. The quantitative estimate of drug-likeness (QED) is 0.588. The highest BCUT2D eigenvalue weighted by Crippen LogP contribution is 2.30. The minimum atomic E-state index is -0.228. The van der Waals surface area contributed by atoms with Gasteiger partial charge in [0.15, 0.2) is 11.5 Å². The van der Waals surface area contributed by atoms with Crippen LogP contribution >= 0.6 is 0 Å². The van der Waals surface area contributed by atoms with Crippen molar-refractivity contribution in [2.24, 2.45) is 5.92 Å². The number of carbonyl (C=O) groups is 2. The molecule has 0 bridgehead atoms. The van der Waals surface area contributed by atoms with E-state index >= 15 is 0 Å². The molecule has 7 heteroatoms. The molecule has 1 saturated carbocycles. The molecule has 0 saturated heterocycles. The number of anilines is 1. The normalized spacial score (nSPS) is 13.8. The van der Waals surface area contributed by atoms with Gasteiger partial charge < -0.3 is 25.4 Å². The molecule has 1 aliphatic carbocycles. The number of urea groups is 1. The molecule has 1 fully saturated rings. The molecule has 0 aliphatic heterocycles. The highest BCUT2D eigenvalue weighted by atomic mass is 16.5. The van der Waals surface area contributed by atoms with Gasteiger partial charge in [0, 0.05) is 18.2 Å². The van der Waals surface area contributed by atoms with E-state index in [1.165, 1.54) is 0 Å². The van der Waals surface area contributed by atoms with Crippen molar-refractivity contribution in [1.29, 1.82) is 0 Å². The van der Waals surface area contributed by atoms with E-state index in [1.807, 2.05) is 49.4 Å². The molecule has 2 aromatic carbocycles. The predicted octanol–water partition coefficient (Wildman–Crippen LogP) is 3.66. The lowest BCUT2D eigenvalue weighted by Gasteiger charge is -2.16. The van der Waals surface area contributed by atoms with Crippen LogP contribution in [-0.2, 0) is 11.2 Å². The fraction of sp³-hybridized carbons (Fsp3) is 0.391. The Kier molecular flexibility index (Phi) is 7.17. The van der Waals surface area contributed by atoms with Gasteiger partial charge in [-0.3, -0.25) is 4.79 Å². The summed E-state index contributed by atoms with van der Waals surface area (Å²) in [6.45, 7) is 2.42. The van der Waals surface area contributed by atoms with Gasteiger partial charge in [0.1, 0.15) is 0 Å². The van der Waals surface area contributed by atoms with Crippen molar-refractivity contribution in [3.05, 3.63) is 53.6 Å². The van der Waals surface area contributed by atoms with Crippen molar-refractivity contribution in [1.82, 2.24) is 10.6 Å². The molecule has 30 heavy (non-hydrogen) atoms. The van der Waals surface area contributed by atoms with Gasteiger partial charge in [0.2, 0.25) is 5.91 Å². The molecule has 160 valence electrons. The molecule has 7 nitrogen and oxygen atoms in total. The Bertz CT molecular complexity index is 879. The van der Waals surface area contributed by atoms with E-state index in [4.69, 9.17) is 9.47 Å². The van der Waals surface area contributed by atoms with Crippen LogP contribution < -0.4 is 25.4 Å². The molecular formula is C23H29N3O4. The smallest absolute Gasteiger partial charge is 0.315 e. The summed E-state index contributed by atoms with van der Waals surface area (Å²) in [7, 11) is 3.20.